The van der Waals surface area contributed by atoms with Crippen molar-refractivity contribution in [1.29, 1.82) is 0 Å². The van der Waals surface area contributed by atoms with Crippen LogP contribution in [0, 0.1) is 5.41 Å². The van der Waals surface area contributed by atoms with E-state index in [1.165, 1.54) is 12.8 Å². The van der Waals surface area contributed by atoms with Gasteiger partial charge in [-0.15, -0.1) is 0 Å². The van der Waals surface area contributed by atoms with E-state index in [1.54, 1.807) is 0 Å². The van der Waals surface area contributed by atoms with Gasteiger partial charge < -0.3 is 14.8 Å². The Morgan fingerprint density at radius 3 is 2.16 bits per heavy atom. The molecule has 3 nitrogen and oxygen atoms in total. The molecule has 0 amide bonds. The van der Waals surface area contributed by atoms with Crippen LogP contribution in [0.1, 0.15) is 59.8 Å². The fraction of sp³-hybridized carbons (Fsp3) is 1.00. The quantitative estimate of drug-likeness (QED) is 0.832. The Balaban J connectivity index is 1.95. The second kappa shape index (κ2) is 6.11. The van der Waals surface area contributed by atoms with Crippen LogP contribution in [0.25, 0.3) is 0 Å². The topological polar surface area (TPSA) is 30.5 Å². The lowest BCUT2D eigenvalue weighted by Crippen LogP contribution is -2.63. The van der Waals surface area contributed by atoms with E-state index in [0.717, 1.165) is 19.3 Å². The molecular formula is C16H31NO2. The summed E-state index contributed by atoms with van der Waals surface area (Å²) in [4.78, 5) is 0. The van der Waals surface area contributed by atoms with Gasteiger partial charge in [0.05, 0.1) is 24.4 Å². The van der Waals surface area contributed by atoms with E-state index in [4.69, 9.17) is 9.47 Å². The highest BCUT2D eigenvalue weighted by Gasteiger charge is 2.53. The molecule has 0 bridgehead atoms. The van der Waals surface area contributed by atoms with Crippen LogP contribution in [0.3, 0.4) is 0 Å². The van der Waals surface area contributed by atoms with Crippen molar-refractivity contribution in [3.05, 3.63) is 0 Å². The fourth-order valence-electron chi connectivity index (χ4n) is 4.23. The average Bonchev–Trinajstić information content (AvgIpc) is 2.34. The van der Waals surface area contributed by atoms with Crippen molar-refractivity contribution >= 4 is 0 Å². The Bertz CT molecular complexity index is 280. The SMILES string of the molecule is CCC1(CC)C(NC)CC1OC1CC(C)OC(C)C1. The third kappa shape index (κ3) is 2.84. The lowest BCUT2D eigenvalue weighted by molar-refractivity contribution is -0.195. The molecule has 0 radical (unpaired) electrons. The van der Waals surface area contributed by atoms with Gasteiger partial charge in [0.2, 0.25) is 0 Å². The van der Waals surface area contributed by atoms with Crippen molar-refractivity contribution in [3.63, 3.8) is 0 Å². The van der Waals surface area contributed by atoms with E-state index in [-0.39, 0.29) is 0 Å². The summed E-state index contributed by atoms with van der Waals surface area (Å²) in [5.41, 5.74) is 0.347. The predicted octanol–water partition coefficient (Wildman–Crippen LogP) is 3.13. The molecule has 4 unspecified atom stereocenters. The largest absolute Gasteiger partial charge is 0.375 e. The fourth-order valence-corrected chi connectivity index (χ4v) is 4.23. The molecule has 19 heavy (non-hydrogen) atoms. The van der Waals surface area contributed by atoms with Crippen molar-refractivity contribution < 1.29 is 9.47 Å². The Morgan fingerprint density at radius 1 is 1.11 bits per heavy atom. The van der Waals surface area contributed by atoms with Crippen molar-refractivity contribution in [3.8, 4) is 0 Å². The standard InChI is InChI=1S/C16H31NO2/c1-6-16(7-2)14(17-5)10-15(16)19-13-8-11(3)18-12(4)9-13/h11-15,17H,6-10H2,1-5H3. The molecule has 1 aliphatic carbocycles. The molecule has 2 fully saturated rings. The third-order valence-electron chi connectivity index (χ3n) is 5.46. The van der Waals surface area contributed by atoms with Gasteiger partial charge in [-0.3, -0.25) is 0 Å². The summed E-state index contributed by atoms with van der Waals surface area (Å²) in [6, 6.07) is 0.627. The Hall–Kier alpha value is -0.120. The van der Waals surface area contributed by atoms with E-state index in [0.29, 0.717) is 35.9 Å². The molecule has 1 N–H and O–H groups in total. The molecule has 2 rings (SSSR count). The van der Waals surface area contributed by atoms with Crippen LogP contribution in [0.2, 0.25) is 0 Å². The summed E-state index contributed by atoms with van der Waals surface area (Å²) in [5.74, 6) is 0. The zero-order valence-electron chi connectivity index (χ0n) is 13.2. The van der Waals surface area contributed by atoms with Gasteiger partial charge in [-0.25, -0.2) is 0 Å². The Kier molecular flexibility index (Phi) is 4.91. The average molecular weight is 269 g/mol. The monoisotopic (exact) mass is 269 g/mol. The Labute approximate surface area is 118 Å². The summed E-state index contributed by atoms with van der Waals surface area (Å²) >= 11 is 0. The highest BCUT2D eigenvalue weighted by atomic mass is 16.5. The molecule has 1 saturated carbocycles. The second-order valence-electron chi connectivity index (χ2n) is 6.49. The van der Waals surface area contributed by atoms with Crippen molar-refractivity contribution in [2.45, 2.75) is 90.3 Å². The molecule has 4 atom stereocenters. The minimum Gasteiger partial charge on any atom is -0.375 e. The van der Waals surface area contributed by atoms with Gasteiger partial charge in [-0.1, -0.05) is 13.8 Å². The minimum absolute atomic E-state index is 0.339. The lowest BCUT2D eigenvalue weighted by Gasteiger charge is -2.56. The zero-order chi connectivity index (χ0) is 14.0. The van der Waals surface area contributed by atoms with Gasteiger partial charge in [0.25, 0.3) is 0 Å². The van der Waals surface area contributed by atoms with E-state index in [9.17, 15) is 0 Å². The number of hydrogen-bond donors (Lipinski definition) is 1. The number of rotatable bonds is 5. The van der Waals surface area contributed by atoms with Crippen LogP contribution < -0.4 is 5.32 Å². The molecule has 0 aromatic rings. The molecule has 112 valence electrons. The second-order valence-corrected chi connectivity index (χ2v) is 6.49. The van der Waals surface area contributed by atoms with Crippen LogP contribution in [0.5, 0.6) is 0 Å². The summed E-state index contributed by atoms with van der Waals surface area (Å²) < 4.78 is 12.3. The maximum atomic E-state index is 6.48. The highest BCUT2D eigenvalue weighted by molar-refractivity contribution is 5.06. The number of nitrogens with one attached hydrogen (secondary N) is 1. The summed E-state index contributed by atoms with van der Waals surface area (Å²) in [6.45, 7) is 8.93. The first kappa shape index (κ1) is 15.3. The van der Waals surface area contributed by atoms with E-state index >= 15 is 0 Å². The van der Waals surface area contributed by atoms with E-state index < -0.39 is 0 Å². The first-order valence-corrected chi connectivity index (χ1v) is 8.03. The molecular weight excluding hydrogens is 238 g/mol. The smallest absolute Gasteiger partial charge is 0.0664 e. The van der Waals surface area contributed by atoms with Gasteiger partial charge in [-0.05, 0) is 53.0 Å². The van der Waals surface area contributed by atoms with E-state index in [1.807, 2.05) is 0 Å². The molecule has 0 aromatic heterocycles. The zero-order valence-corrected chi connectivity index (χ0v) is 13.2. The summed E-state index contributed by atoms with van der Waals surface area (Å²) in [5, 5.41) is 3.47. The molecule has 0 spiro atoms. The molecule has 3 heteroatoms. The van der Waals surface area contributed by atoms with Gasteiger partial charge in [-0.2, -0.15) is 0 Å². The van der Waals surface area contributed by atoms with Crippen molar-refractivity contribution in [2.75, 3.05) is 7.05 Å². The number of ether oxygens (including phenoxy) is 2. The highest BCUT2D eigenvalue weighted by Crippen LogP contribution is 2.49. The van der Waals surface area contributed by atoms with Crippen LogP contribution >= 0.6 is 0 Å². The number of hydrogen-bond acceptors (Lipinski definition) is 3. The van der Waals surface area contributed by atoms with Gasteiger partial charge >= 0.3 is 0 Å². The van der Waals surface area contributed by atoms with Gasteiger partial charge in [0.15, 0.2) is 0 Å². The van der Waals surface area contributed by atoms with Crippen molar-refractivity contribution in [1.82, 2.24) is 5.32 Å². The normalized spacial score (nSPS) is 41.8. The molecule has 1 aliphatic heterocycles. The van der Waals surface area contributed by atoms with Crippen LogP contribution in [-0.2, 0) is 9.47 Å². The van der Waals surface area contributed by atoms with Crippen LogP contribution in [0.4, 0.5) is 0 Å². The van der Waals surface area contributed by atoms with E-state index in [2.05, 4.69) is 40.1 Å². The first-order chi connectivity index (χ1) is 9.05. The van der Waals surface area contributed by atoms with Gasteiger partial charge in [0.1, 0.15) is 0 Å². The van der Waals surface area contributed by atoms with Gasteiger partial charge in [0, 0.05) is 11.5 Å². The lowest BCUT2D eigenvalue weighted by atomic mass is 9.58. The maximum absolute atomic E-state index is 6.48. The minimum atomic E-state index is 0.339. The summed E-state index contributed by atoms with van der Waals surface area (Å²) in [6.07, 6.45) is 7.17. The van der Waals surface area contributed by atoms with Crippen molar-refractivity contribution in [2.24, 2.45) is 5.41 Å². The third-order valence-corrected chi connectivity index (χ3v) is 5.46. The molecule has 1 heterocycles. The first-order valence-electron chi connectivity index (χ1n) is 8.03. The van der Waals surface area contributed by atoms with Crippen LogP contribution in [-0.4, -0.2) is 37.5 Å². The molecule has 2 aliphatic rings. The molecule has 0 aromatic carbocycles. The molecule has 1 saturated heterocycles. The maximum Gasteiger partial charge on any atom is 0.0664 e. The predicted molar refractivity (Wildman–Crippen MR) is 78.4 cm³/mol. The Morgan fingerprint density at radius 2 is 1.68 bits per heavy atom. The summed E-state index contributed by atoms with van der Waals surface area (Å²) in [7, 11) is 2.08. The van der Waals surface area contributed by atoms with Crippen LogP contribution in [0.15, 0.2) is 0 Å².